The molecule has 1 atom stereocenters. The Bertz CT molecular complexity index is 676. The zero-order valence-corrected chi connectivity index (χ0v) is 13.9. The molecule has 0 aliphatic carbocycles. The van der Waals surface area contributed by atoms with Crippen molar-refractivity contribution < 1.29 is 9.32 Å². The molecule has 0 saturated carbocycles. The number of hydrogen-bond acceptors (Lipinski definition) is 5. The van der Waals surface area contributed by atoms with Crippen LogP contribution >= 0.6 is 0 Å². The molecule has 1 aliphatic rings. The van der Waals surface area contributed by atoms with Gasteiger partial charge in [-0.05, 0) is 24.8 Å². The topological polar surface area (TPSA) is 87.9 Å². The van der Waals surface area contributed by atoms with Crippen molar-refractivity contribution in [3.63, 3.8) is 0 Å². The average Bonchev–Trinajstić information content (AvgIpc) is 3.10. The first-order chi connectivity index (χ1) is 11.1. The molecule has 3 heterocycles. The van der Waals surface area contributed by atoms with Crippen molar-refractivity contribution in [2.45, 2.75) is 58.4 Å². The van der Waals surface area contributed by atoms with Gasteiger partial charge < -0.3 is 9.42 Å². The molecule has 3 rings (SSSR count). The molecule has 23 heavy (non-hydrogen) atoms. The molecule has 1 aliphatic heterocycles. The van der Waals surface area contributed by atoms with Gasteiger partial charge in [-0.2, -0.15) is 10.1 Å². The molecule has 1 N–H and O–H groups in total. The lowest BCUT2D eigenvalue weighted by Crippen LogP contribution is -2.35. The summed E-state index contributed by atoms with van der Waals surface area (Å²) in [5.74, 6) is 1.36. The van der Waals surface area contributed by atoms with Gasteiger partial charge in [0.25, 0.3) is 5.91 Å². The summed E-state index contributed by atoms with van der Waals surface area (Å²) in [7, 11) is 0. The third-order valence-electron chi connectivity index (χ3n) is 4.29. The number of amides is 1. The number of aromatic amines is 1. The molecule has 124 valence electrons. The van der Waals surface area contributed by atoms with E-state index in [1.165, 1.54) is 0 Å². The van der Waals surface area contributed by atoms with Gasteiger partial charge in [0, 0.05) is 19.2 Å². The van der Waals surface area contributed by atoms with Gasteiger partial charge >= 0.3 is 0 Å². The standard InChI is InChI=1S/C16H23N5O2/c1-10(2)12-9-13(19-18-12)16(22)21-8-6-4-5-7-14(21)15-17-11(3)23-20-15/h9-10,14H,4-8H2,1-3H3,(H,18,19). The van der Waals surface area contributed by atoms with Gasteiger partial charge in [-0.3, -0.25) is 9.89 Å². The highest BCUT2D eigenvalue weighted by atomic mass is 16.5. The lowest BCUT2D eigenvalue weighted by Gasteiger charge is -2.27. The van der Waals surface area contributed by atoms with Crippen LogP contribution < -0.4 is 0 Å². The fourth-order valence-corrected chi connectivity index (χ4v) is 2.96. The van der Waals surface area contributed by atoms with Crippen molar-refractivity contribution in [1.29, 1.82) is 0 Å². The van der Waals surface area contributed by atoms with Gasteiger partial charge in [0.15, 0.2) is 5.82 Å². The van der Waals surface area contributed by atoms with Gasteiger partial charge in [0.05, 0.1) is 6.04 Å². The van der Waals surface area contributed by atoms with Crippen LogP contribution in [0.15, 0.2) is 10.6 Å². The predicted molar refractivity (Wildman–Crippen MR) is 84.0 cm³/mol. The van der Waals surface area contributed by atoms with Crippen LogP contribution in [0, 0.1) is 6.92 Å². The Morgan fingerprint density at radius 1 is 1.39 bits per heavy atom. The first kappa shape index (κ1) is 15.7. The van der Waals surface area contributed by atoms with E-state index in [2.05, 4.69) is 34.2 Å². The summed E-state index contributed by atoms with van der Waals surface area (Å²) in [6.45, 7) is 6.60. The molecule has 0 spiro atoms. The molecule has 0 bridgehead atoms. The fourth-order valence-electron chi connectivity index (χ4n) is 2.96. The average molecular weight is 317 g/mol. The number of likely N-dealkylation sites (tertiary alicyclic amines) is 1. The zero-order chi connectivity index (χ0) is 16.4. The molecular formula is C16H23N5O2. The summed E-state index contributed by atoms with van der Waals surface area (Å²) in [6, 6.07) is 1.71. The summed E-state index contributed by atoms with van der Waals surface area (Å²) in [6.07, 6.45) is 4.00. The normalized spacial score (nSPS) is 19.1. The fraction of sp³-hybridized carbons (Fsp3) is 0.625. The third kappa shape index (κ3) is 3.28. The van der Waals surface area contributed by atoms with E-state index >= 15 is 0 Å². The molecule has 0 aromatic carbocycles. The van der Waals surface area contributed by atoms with Crippen LogP contribution in [0.4, 0.5) is 0 Å². The van der Waals surface area contributed by atoms with Crippen LogP contribution in [0.1, 0.15) is 79.4 Å². The Kier molecular flexibility index (Phi) is 4.45. The molecule has 1 unspecified atom stereocenters. The van der Waals surface area contributed by atoms with Crippen molar-refractivity contribution in [2.24, 2.45) is 0 Å². The molecule has 2 aromatic heterocycles. The van der Waals surface area contributed by atoms with E-state index in [0.717, 1.165) is 31.4 Å². The Hall–Kier alpha value is -2.18. The number of aryl methyl sites for hydroxylation is 1. The molecule has 7 heteroatoms. The molecular weight excluding hydrogens is 294 g/mol. The van der Waals surface area contributed by atoms with Crippen molar-refractivity contribution in [2.75, 3.05) is 6.54 Å². The van der Waals surface area contributed by atoms with E-state index in [0.29, 0.717) is 29.9 Å². The van der Waals surface area contributed by atoms with Crippen LogP contribution in [0.5, 0.6) is 0 Å². The Balaban J connectivity index is 1.87. The Morgan fingerprint density at radius 2 is 2.22 bits per heavy atom. The number of rotatable bonds is 3. The van der Waals surface area contributed by atoms with E-state index in [9.17, 15) is 4.79 Å². The number of nitrogens with zero attached hydrogens (tertiary/aromatic N) is 4. The number of hydrogen-bond donors (Lipinski definition) is 1. The SMILES string of the molecule is Cc1nc(C2CCCCCN2C(=O)c2cc(C(C)C)[nH]n2)no1. The maximum atomic E-state index is 12.9. The van der Waals surface area contributed by atoms with E-state index in [1.54, 1.807) is 6.92 Å². The second-order valence-corrected chi connectivity index (χ2v) is 6.40. The van der Waals surface area contributed by atoms with Crippen LogP contribution in [-0.4, -0.2) is 37.7 Å². The number of H-pyrrole nitrogens is 1. The van der Waals surface area contributed by atoms with Crippen molar-refractivity contribution in [3.8, 4) is 0 Å². The lowest BCUT2D eigenvalue weighted by molar-refractivity contribution is 0.0664. The van der Waals surface area contributed by atoms with Crippen molar-refractivity contribution in [3.05, 3.63) is 29.2 Å². The number of carbonyl (C=O) groups excluding carboxylic acids is 1. The first-order valence-electron chi connectivity index (χ1n) is 8.22. The summed E-state index contributed by atoms with van der Waals surface area (Å²) >= 11 is 0. The highest BCUT2D eigenvalue weighted by molar-refractivity contribution is 5.92. The minimum absolute atomic E-state index is 0.0671. The highest BCUT2D eigenvalue weighted by Gasteiger charge is 2.31. The van der Waals surface area contributed by atoms with Crippen LogP contribution in [0.3, 0.4) is 0 Å². The van der Waals surface area contributed by atoms with Gasteiger partial charge in [0.2, 0.25) is 5.89 Å². The molecule has 0 radical (unpaired) electrons. The number of aromatic nitrogens is 4. The Labute approximate surface area is 135 Å². The summed E-state index contributed by atoms with van der Waals surface area (Å²) in [5, 5.41) is 11.2. The third-order valence-corrected chi connectivity index (χ3v) is 4.29. The summed E-state index contributed by atoms with van der Waals surface area (Å²) in [4.78, 5) is 19.1. The zero-order valence-electron chi connectivity index (χ0n) is 13.9. The summed E-state index contributed by atoms with van der Waals surface area (Å²) in [5.41, 5.74) is 1.43. The van der Waals surface area contributed by atoms with Crippen LogP contribution in [-0.2, 0) is 0 Å². The van der Waals surface area contributed by atoms with Crippen molar-refractivity contribution in [1.82, 2.24) is 25.2 Å². The summed E-state index contributed by atoms with van der Waals surface area (Å²) < 4.78 is 5.11. The van der Waals surface area contributed by atoms with Crippen LogP contribution in [0.2, 0.25) is 0 Å². The highest BCUT2D eigenvalue weighted by Crippen LogP contribution is 2.29. The first-order valence-corrected chi connectivity index (χ1v) is 8.22. The number of nitrogens with one attached hydrogen (secondary N) is 1. The van der Waals surface area contributed by atoms with E-state index in [1.807, 2.05) is 11.0 Å². The second-order valence-electron chi connectivity index (χ2n) is 6.40. The van der Waals surface area contributed by atoms with Gasteiger partial charge in [0.1, 0.15) is 5.69 Å². The molecule has 2 aromatic rings. The number of carbonyl (C=O) groups is 1. The second kappa shape index (κ2) is 6.52. The minimum atomic E-state index is -0.137. The molecule has 1 amide bonds. The maximum Gasteiger partial charge on any atom is 0.274 e. The quantitative estimate of drug-likeness (QED) is 0.940. The molecule has 7 nitrogen and oxygen atoms in total. The van der Waals surface area contributed by atoms with Gasteiger partial charge in [-0.15, -0.1) is 0 Å². The lowest BCUT2D eigenvalue weighted by atomic mass is 10.1. The van der Waals surface area contributed by atoms with Gasteiger partial charge in [-0.1, -0.05) is 31.8 Å². The van der Waals surface area contributed by atoms with Gasteiger partial charge in [-0.25, -0.2) is 0 Å². The van der Waals surface area contributed by atoms with E-state index < -0.39 is 0 Å². The largest absolute Gasteiger partial charge is 0.340 e. The molecule has 1 saturated heterocycles. The smallest absolute Gasteiger partial charge is 0.274 e. The maximum absolute atomic E-state index is 12.9. The Morgan fingerprint density at radius 3 is 2.87 bits per heavy atom. The minimum Gasteiger partial charge on any atom is -0.340 e. The van der Waals surface area contributed by atoms with E-state index in [4.69, 9.17) is 4.52 Å². The van der Waals surface area contributed by atoms with E-state index in [-0.39, 0.29) is 11.9 Å². The predicted octanol–water partition coefficient (Wildman–Crippen LogP) is 2.98. The van der Waals surface area contributed by atoms with Crippen LogP contribution in [0.25, 0.3) is 0 Å². The molecule has 1 fully saturated rings. The van der Waals surface area contributed by atoms with Crippen molar-refractivity contribution >= 4 is 5.91 Å². The monoisotopic (exact) mass is 317 g/mol.